The third kappa shape index (κ3) is 7.43. The van der Waals surface area contributed by atoms with Gasteiger partial charge in [-0.25, -0.2) is 4.99 Å². The van der Waals surface area contributed by atoms with E-state index < -0.39 is 5.60 Å². The maximum Gasteiger partial charge on any atom is 0.191 e. The average Bonchev–Trinajstić information content (AvgIpc) is 3.26. The van der Waals surface area contributed by atoms with Gasteiger partial charge in [-0.2, -0.15) is 0 Å². The molecule has 1 fully saturated rings. The zero-order valence-electron chi connectivity index (χ0n) is 18.8. The molecule has 0 radical (unpaired) electrons. The molecule has 6 nitrogen and oxygen atoms in total. The summed E-state index contributed by atoms with van der Waals surface area (Å²) in [5.41, 5.74) is 0.709. The molecule has 0 saturated carbocycles. The molecule has 32 heavy (non-hydrogen) atoms. The normalized spacial score (nSPS) is 20.3. The molecule has 3 rings (SSSR count). The molecule has 0 aromatic heterocycles. The summed E-state index contributed by atoms with van der Waals surface area (Å²) < 4.78 is 5.59. The van der Waals surface area contributed by atoms with Crippen LogP contribution in [0, 0.1) is 5.41 Å². The summed E-state index contributed by atoms with van der Waals surface area (Å²) in [7, 11) is 0. The SMILES string of the molecule is CCNC(=NCC(O)(Cc1ccccc1)c1ccccc1)NCC1(CCO)CCOC1.I. The Bertz CT molecular complexity index is 814. The molecule has 2 aromatic carbocycles. The summed E-state index contributed by atoms with van der Waals surface area (Å²) in [5.74, 6) is 0.661. The lowest BCUT2D eigenvalue weighted by molar-refractivity contribution is 0.0466. The smallest absolute Gasteiger partial charge is 0.191 e. The van der Waals surface area contributed by atoms with Gasteiger partial charge in [0.05, 0.1) is 13.2 Å². The van der Waals surface area contributed by atoms with Crippen molar-refractivity contribution in [3.8, 4) is 0 Å². The molecule has 2 atom stereocenters. The van der Waals surface area contributed by atoms with E-state index in [0.717, 1.165) is 30.7 Å². The minimum absolute atomic E-state index is 0. The van der Waals surface area contributed by atoms with Crippen molar-refractivity contribution in [1.82, 2.24) is 10.6 Å². The Morgan fingerprint density at radius 3 is 2.38 bits per heavy atom. The molecule has 2 unspecified atom stereocenters. The van der Waals surface area contributed by atoms with Gasteiger partial charge < -0.3 is 25.6 Å². The van der Waals surface area contributed by atoms with E-state index in [-0.39, 0.29) is 42.5 Å². The Morgan fingerprint density at radius 1 is 1.09 bits per heavy atom. The first-order valence-corrected chi connectivity index (χ1v) is 11.1. The van der Waals surface area contributed by atoms with E-state index in [4.69, 9.17) is 9.73 Å². The predicted octanol–water partition coefficient (Wildman–Crippen LogP) is 3.08. The van der Waals surface area contributed by atoms with Crippen molar-refractivity contribution in [2.24, 2.45) is 10.4 Å². The molecule has 0 amide bonds. The summed E-state index contributed by atoms with van der Waals surface area (Å²) in [6.45, 7) is 5.14. The molecule has 0 spiro atoms. The highest BCUT2D eigenvalue weighted by atomic mass is 127. The van der Waals surface area contributed by atoms with Crippen molar-refractivity contribution >= 4 is 29.9 Å². The summed E-state index contributed by atoms with van der Waals surface area (Å²) in [6.07, 6.45) is 2.09. The molecule has 1 aliphatic rings. The fourth-order valence-electron chi connectivity index (χ4n) is 4.07. The van der Waals surface area contributed by atoms with Crippen molar-refractivity contribution in [3.05, 3.63) is 71.8 Å². The van der Waals surface area contributed by atoms with Crippen molar-refractivity contribution in [3.63, 3.8) is 0 Å². The highest BCUT2D eigenvalue weighted by Crippen LogP contribution is 2.31. The lowest BCUT2D eigenvalue weighted by atomic mass is 9.84. The number of halogens is 1. The van der Waals surface area contributed by atoms with Gasteiger partial charge in [0.1, 0.15) is 5.60 Å². The maximum atomic E-state index is 11.7. The average molecular weight is 553 g/mol. The number of aliphatic imine (C=N–C) groups is 1. The molecule has 7 heteroatoms. The van der Waals surface area contributed by atoms with E-state index >= 15 is 0 Å². The molecule has 0 bridgehead atoms. The van der Waals surface area contributed by atoms with Gasteiger partial charge >= 0.3 is 0 Å². The van der Waals surface area contributed by atoms with Crippen molar-refractivity contribution < 1.29 is 14.9 Å². The summed E-state index contributed by atoms with van der Waals surface area (Å²) in [4.78, 5) is 4.75. The molecule has 1 aliphatic heterocycles. The fourth-order valence-corrected chi connectivity index (χ4v) is 4.07. The van der Waals surface area contributed by atoms with E-state index in [1.807, 2.05) is 67.6 Å². The molecule has 4 N–H and O–H groups in total. The van der Waals surface area contributed by atoms with Gasteiger partial charge in [0.2, 0.25) is 0 Å². The molecule has 176 valence electrons. The third-order valence-corrected chi connectivity index (χ3v) is 5.95. The zero-order chi connectivity index (χ0) is 22.0. The standard InChI is InChI=1S/C25H35N3O3.HI/c1-2-26-23(27-18-24(13-15-29)14-16-31-20-24)28-19-25(30,22-11-7-4-8-12-22)17-21-9-5-3-6-10-21;/h3-12,29-30H,2,13-20H2,1H3,(H2,26,27,28);1H. The van der Waals surface area contributed by atoms with Gasteiger partial charge in [-0.15, -0.1) is 24.0 Å². The topological polar surface area (TPSA) is 86.1 Å². The number of aliphatic hydroxyl groups excluding tert-OH is 1. The predicted molar refractivity (Wildman–Crippen MR) is 139 cm³/mol. The Morgan fingerprint density at radius 2 is 1.78 bits per heavy atom. The van der Waals surface area contributed by atoms with Crippen molar-refractivity contribution in [1.29, 1.82) is 0 Å². The first-order valence-electron chi connectivity index (χ1n) is 11.1. The molecular formula is C25H36IN3O3. The Hall–Kier alpha value is -1.68. The lowest BCUT2D eigenvalue weighted by Gasteiger charge is -2.29. The van der Waals surface area contributed by atoms with Gasteiger partial charge in [-0.3, -0.25) is 0 Å². The van der Waals surface area contributed by atoms with Crippen molar-refractivity contribution in [2.75, 3.05) is 39.5 Å². The highest BCUT2D eigenvalue weighted by molar-refractivity contribution is 14.0. The van der Waals surface area contributed by atoms with Crippen LogP contribution in [0.1, 0.15) is 30.9 Å². The monoisotopic (exact) mass is 553 g/mol. The summed E-state index contributed by atoms with van der Waals surface area (Å²) in [6, 6.07) is 19.7. The van der Waals surface area contributed by atoms with Crippen LogP contribution in [0.2, 0.25) is 0 Å². The van der Waals surface area contributed by atoms with E-state index in [0.29, 0.717) is 32.0 Å². The number of guanidine groups is 1. The van der Waals surface area contributed by atoms with Gasteiger partial charge in [-0.05, 0) is 30.9 Å². The number of hydrogen-bond donors (Lipinski definition) is 4. The lowest BCUT2D eigenvalue weighted by Crippen LogP contribution is -2.45. The minimum Gasteiger partial charge on any atom is -0.396 e. The number of hydrogen-bond acceptors (Lipinski definition) is 4. The van der Waals surface area contributed by atoms with Gasteiger partial charge in [0, 0.05) is 38.1 Å². The number of ether oxygens (including phenoxy) is 1. The first-order chi connectivity index (χ1) is 15.1. The number of rotatable bonds is 10. The van der Waals surface area contributed by atoms with Crippen LogP contribution in [0.25, 0.3) is 0 Å². The molecule has 1 heterocycles. The number of benzene rings is 2. The third-order valence-electron chi connectivity index (χ3n) is 5.95. The molecule has 0 aliphatic carbocycles. The molecular weight excluding hydrogens is 517 g/mol. The van der Waals surface area contributed by atoms with Crippen LogP contribution in [0.5, 0.6) is 0 Å². The van der Waals surface area contributed by atoms with Crippen LogP contribution >= 0.6 is 24.0 Å². The van der Waals surface area contributed by atoms with Crippen molar-refractivity contribution in [2.45, 2.75) is 31.8 Å². The van der Waals surface area contributed by atoms with Gasteiger partial charge in [-0.1, -0.05) is 60.7 Å². The van der Waals surface area contributed by atoms with E-state index in [1.54, 1.807) is 0 Å². The number of nitrogens with zero attached hydrogens (tertiary/aromatic N) is 1. The van der Waals surface area contributed by atoms with Gasteiger partial charge in [0.15, 0.2) is 5.96 Å². The van der Waals surface area contributed by atoms with Crippen LogP contribution in [0.3, 0.4) is 0 Å². The van der Waals surface area contributed by atoms with Crippen LogP contribution in [0.4, 0.5) is 0 Å². The second-order valence-electron chi connectivity index (χ2n) is 8.38. The second-order valence-corrected chi connectivity index (χ2v) is 8.38. The molecule has 2 aromatic rings. The van der Waals surface area contributed by atoms with E-state index in [2.05, 4.69) is 10.6 Å². The van der Waals surface area contributed by atoms with E-state index in [1.165, 1.54) is 0 Å². The Balaban J connectivity index is 0.00000363. The van der Waals surface area contributed by atoms with Crippen LogP contribution < -0.4 is 10.6 Å². The Labute approximate surface area is 208 Å². The summed E-state index contributed by atoms with van der Waals surface area (Å²) in [5, 5.41) is 27.8. The maximum absolute atomic E-state index is 11.7. The fraction of sp³-hybridized carbons (Fsp3) is 0.480. The van der Waals surface area contributed by atoms with Crippen LogP contribution in [-0.2, 0) is 16.8 Å². The highest BCUT2D eigenvalue weighted by Gasteiger charge is 2.35. The quantitative estimate of drug-likeness (QED) is 0.207. The summed E-state index contributed by atoms with van der Waals surface area (Å²) >= 11 is 0. The zero-order valence-corrected chi connectivity index (χ0v) is 21.1. The first kappa shape index (κ1) is 26.6. The number of aliphatic hydroxyl groups is 2. The van der Waals surface area contributed by atoms with Gasteiger partial charge in [0.25, 0.3) is 0 Å². The van der Waals surface area contributed by atoms with E-state index in [9.17, 15) is 10.2 Å². The second kappa shape index (κ2) is 13.1. The van der Waals surface area contributed by atoms with Crippen LogP contribution in [-0.4, -0.2) is 55.6 Å². The Kier molecular flexibility index (Phi) is 10.9. The van der Waals surface area contributed by atoms with Crippen LogP contribution in [0.15, 0.2) is 65.7 Å². The largest absolute Gasteiger partial charge is 0.396 e. The minimum atomic E-state index is -1.12. The molecule has 1 saturated heterocycles. The number of nitrogens with one attached hydrogen (secondary N) is 2.